The van der Waals surface area contributed by atoms with Crippen molar-refractivity contribution in [2.45, 2.75) is 13.0 Å². The molecule has 0 radical (unpaired) electrons. The van der Waals surface area contributed by atoms with Gasteiger partial charge in [0.25, 0.3) is 0 Å². The van der Waals surface area contributed by atoms with E-state index in [4.69, 9.17) is 4.74 Å². The van der Waals surface area contributed by atoms with Gasteiger partial charge < -0.3 is 15.2 Å². The third-order valence-electron chi connectivity index (χ3n) is 2.20. The van der Waals surface area contributed by atoms with Crippen LogP contribution >= 0.6 is 0 Å². The number of aliphatic hydroxyl groups excluding tert-OH is 1. The molecule has 3 nitrogen and oxygen atoms in total. The average molecular weight is 227 g/mol. The van der Waals surface area contributed by atoms with E-state index in [0.717, 1.165) is 0 Å². The molecule has 0 aliphatic rings. The summed E-state index contributed by atoms with van der Waals surface area (Å²) in [5, 5.41) is 12.8. The standard InChI is InChI=1S/C12H18FNO2/c1-2-16-7-6-14-9-12(15)10-4-3-5-11(13)8-10/h3-5,8,12,14-15H,2,6-7,9H2,1H3. The van der Waals surface area contributed by atoms with Crippen LogP contribution in [0.5, 0.6) is 0 Å². The van der Waals surface area contributed by atoms with Crippen LogP contribution in [0, 0.1) is 5.82 Å². The van der Waals surface area contributed by atoms with Crippen molar-refractivity contribution in [2.75, 3.05) is 26.3 Å². The quantitative estimate of drug-likeness (QED) is 0.693. The Morgan fingerprint density at radius 1 is 1.50 bits per heavy atom. The Hall–Kier alpha value is -0.970. The molecule has 90 valence electrons. The van der Waals surface area contributed by atoms with Gasteiger partial charge in [0.05, 0.1) is 12.7 Å². The highest BCUT2D eigenvalue weighted by atomic mass is 19.1. The number of hydrogen-bond acceptors (Lipinski definition) is 3. The third-order valence-corrected chi connectivity index (χ3v) is 2.20. The first-order chi connectivity index (χ1) is 7.74. The predicted octanol–water partition coefficient (Wildman–Crippen LogP) is 1.49. The summed E-state index contributed by atoms with van der Waals surface area (Å²) in [5.74, 6) is -0.328. The van der Waals surface area contributed by atoms with Gasteiger partial charge in [-0.25, -0.2) is 4.39 Å². The van der Waals surface area contributed by atoms with Gasteiger partial charge in [0.15, 0.2) is 0 Å². The average Bonchev–Trinajstić information content (AvgIpc) is 2.28. The van der Waals surface area contributed by atoms with Crippen LogP contribution in [0.2, 0.25) is 0 Å². The van der Waals surface area contributed by atoms with Crippen LogP contribution in [-0.4, -0.2) is 31.4 Å². The van der Waals surface area contributed by atoms with Gasteiger partial charge in [-0.05, 0) is 24.6 Å². The largest absolute Gasteiger partial charge is 0.387 e. The number of nitrogens with one attached hydrogen (secondary N) is 1. The van der Waals surface area contributed by atoms with Crippen molar-refractivity contribution in [3.63, 3.8) is 0 Å². The van der Waals surface area contributed by atoms with E-state index < -0.39 is 6.10 Å². The number of benzene rings is 1. The Labute approximate surface area is 95.2 Å². The van der Waals surface area contributed by atoms with Gasteiger partial charge in [-0.1, -0.05) is 12.1 Å². The van der Waals surface area contributed by atoms with Crippen LogP contribution in [0.1, 0.15) is 18.6 Å². The van der Waals surface area contributed by atoms with E-state index in [2.05, 4.69) is 5.32 Å². The fraction of sp³-hybridized carbons (Fsp3) is 0.500. The monoisotopic (exact) mass is 227 g/mol. The molecule has 2 N–H and O–H groups in total. The van der Waals surface area contributed by atoms with Gasteiger partial charge in [-0.3, -0.25) is 0 Å². The van der Waals surface area contributed by atoms with Gasteiger partial charge in [0, 0.05) is 19.7 Å². The van der Waals surface area contributed by atoms with Gasteiger partial charge in [0.2, 0.25) is 0 Å². The van der Waals surface area contributed by atoms with Crippen molar-refractivity contribution in [3.8, 4) is 0 Å². The smallest absolute Gasteiger partial charge is 0.123 e. The fourth-order valence-corrected chi connectivity index (χ4v) is 1.36. The second kappa shape index (κ2) is 7.33. The highest BCUT2D eigenvalue weighted by Gasteiger charge is 2.07. The van der Waals surface area contributed by atoms with Crippen LogP contribution in [0.25, 0.3) is 0 Å². The molecule has 0 aliphatic heterocycles. The van der Waals surface area contributed by atoms with Crippen molar-refractivity contribution in [1.29, 1.82) is 0 Å². The zero-order valence-electron chi connectivity index (χ0n) is 9.45. The number of hydrogen-bond donors (Lipinski definition) is 2. The van der Waals surface area contributed by atoms with Crippen molar-refractivity contribution in [2.24, 2.45) is 0 Å². The minimum absolute atomic E-state index is 0.328. The second-order valence-corrected chi connectivity index (χ2v) is 3.47. The van der Waals surface area contributed by atoms with Gasteiger partial charge >= 0.3 is 0 Å². The van der Waals surface area contributed by atoms with Crippen LogP contribution in [0.3, 0.4) is 0 Å². The molecule has 1 aromatic carbocycles. The lowest BCUT2D eigenvalue weighted by Crippen LogP contribution is -2.25. The van der Waals surface area contributed by atoms with E-state index in [9.17, 15) is 9.50 Å². The molecule has 0 aliphatic carbocycles. The molecule has 1 aromatic rings. The summed E-state index contributed by atoms with van der Waals surface area (Å²) in [7, 11) is 0. The van der Waals surface area contributed by atoms with Gasteiger partial charge in [-0.15, -0.1) is 0 Å². The van der Waals surface area contributed by atoms with Crippen LogP contribution in [-0.2, 0) is 4.74 Å². The summed E-state index contributed by atoms with van der Waals surface area (Å²) in [6, 6.07) is 6.00. The number of halogens is 1. The van der Waals surface area contributed by atoms with Gasteiger partial charge in [0.1, 0.15) is 5.82 Å². The first kappa shape index (κ1) is 13.1. The molecule has 0 saturated carbocycles. The maximum absolute atomic E-state index is 12.9. The number of rotatable bonds is 7. The van der Waals surface area contributed by atoms with E-state index in [0.29, 0.717) is 31.9 Å². The predicted molar refractivity (Wildman–Crippen MR) is 60.7 cm³/mol. The molecular weight excluding hydrogens is 209 g/mol. The zero-order chi connectivity index (χ0) is 11.8. The maximum atomic E-state index is 12.9. The molecule has 1 atom stereocenters. The second-order valence-electron chi connectivity index (χ2n) is 3.47. The van der Waals surface area contributed by atoms with E-state index in [1.165, 1.54) is 12.1 Å². The lowest BCUT2D eigenvalue weighted by atomic mass is 10.1. The molecule has 0 aromatic heterocycles. The Bertz CT molecular complexity index is 307. The third kappa shape index (κ3) is 4.70. The SMILES string of the molecule is CCOCCNCC(O)c1cccc(F)c1. The molecule has 0 bridgehead atoms. The van der Waals surface area contributed by atoms with Gasteiger partial charge in [-0.2, -0.15) is 0 Å². The molecule has 0 fully saturated rings. The van der Waals surface area contributed by atoms with E-state index >= 15 is 0 Å². The van der Waals surface area contributed by atoms with Crippen LogP contribution in [0.4, 0.5) is 4.39 Å². The Morgan fingerprint density at radius 2 is 2.31 bits per heavy atom. The van der Waals surface area contributed by atoms with Crippen LogP contribution < -0.4 is 5.32 Å². The topological polar surface area (TPSA) is 41.5 Å². The summed E-state index contributed by atoms with van der Waals surface area (Å²) in [6.45, 7) is 4.32. The van der Waals surface area contributed by atoms with Crippen molar-refractivity contribution >= 4 is 0 Å². The van der Waals surface area contributed by atoms with E-state index in [1.807, 2.05) is 6.92 Å². The molecule has 0 amide bonds. The highest BCUT2D eigenvalue weighted by molar-refractivity contribution is 5.18. The Balaban J connectivity index is 2.27. The highest BCUT2D eigenvalue weighted by Crippen LogP contribution is 2.12. The molecule has 0 heterocycles. The molecule has 4 heteroatoms. The van der Waals surface area contributed by atoms with Crippen molar-refractivity contribution in [3.05, 3.63) is 35.6 Å². The minimum Gasteiger partial charge on any atom is -0.387 e. The summed E-state index contributed by atoms with van der Waals surface area (Å²) in [5.41, 5.74) is 0.587. The zero-order valence-corrected chi connectivity index (χ0v) is 9.45. The Morgan fingerprint density at radius 3 is 3.00 bits per heavy atom. The van der Waals surface area contributed by atoms with Crippen molar-refractivity contribution in [1.82, 2.24) is 5.32 Å². The van der Waals surface area contributed by atoms with E-state index in [-0.39, 0.29) is 5.82 Å². The lowest BCUT2D eigenvalue weighted by Gasteiger charge is -2.12. The number of aliphatic hydroxyl groups is 1. The van der Waals surface area contributed by atoms with Crippen molar-refractivity contribution < 1.29 is 14.2 Å². The minimum atomic E-state index is -0.683. The summed E-state index contributed by atoms with van der Waals surface area (Å²) < 4.78 is 18.0. The molecule has 16 heavy (non-hydrogen) atoms. The molecule has 1 rings (SSSR count). The Kier molecular flexibility index (Phi) is 6.00. The lowest BCUT2D eigenvalue weighted by molar-refractivity contribution is 0.138. The maximum Gasteiger partial charge on any atom is 0.123 e. The summed E-state index contributed by atoms with van der Waals surface area (Å²) >= 11 is 0. The number of ether oxygens (including phenoxy) is 1. The molecule has 0 saturated heterocycles. The van der Waals surface area contributed by atoms with Crippen LogP contribution in [0.15, 0.2) is 24.3 Å². The first-order valence-electron chi connectivity index (χ1n) is 5.46. The molecule has 0 spiro atoms. The fourth-order valence-electron chi connectivity index (χ4n) is 1.36. The first-order valence-corrected chi connectivity index (χ1v) is 5.46. The molecular formula is C12H18FNO2. The van der Waals surface area contributed by atoms with E-state index in [1.54, 1.807) is 12.1 Å². The normalized spacial score (nSPS) is 12.7. The summed E-state index contributed by atoms with van der Waals surface area (Å²) in [6.07, 6.45) is -0.683. The summed E-state index contributed by atoms with van der Waals surface area (Å²) in [4.78, 5) is 0. The molecule has 1 unspecified atom stereocenters.